The summed E-state index contributed by atoms with van der Waals surface area (Å²) in [6.45, 7) is 5.47. The molecule has 110 valence electrons. The standard InChI is InChI=1S/C16H20N4O/c1-11-15(9-18-3)12(2)20(19-11)10-14-7-13(8-17)5-6-16(14)21-4/h5-7,18H,9-10H2,1-4H3. The number of nitrogens with one attached hydrogen (secondary N) is 1. The van der Waals surface area contributed by atoms with E-state index in [1.165, 1.54) is 5.56 Å². The summed E-state index contributed by atoms with van der Waals surface area (Å²) in [4.78, 5) is 0. The maximum atomic E-state index is 9.04. The van der Waals surface area contributed by atoms with Gasteiger partial charge < -0.3 is 10.1 Å². The Morgan fingerprint density at radius 2 is 2.14 bits per heavy atom. The fourth-order valence-electron chi connectivity index (χ4n) is 2.45. The van der Waals surface area contributed by atoms with Crippen LogP contribution >= 0.6 is 0 Å². The van der Waals surface area contributed by atoms with Crippen LogP contribution in [0.1, 0.15) is 28.1 Å². The minimum absolute atomic E-state index is 0.592. The third-order valence-corrected chi connectivity index (χ3v) is 3.61. The van der Waals surface area contributed by atoms with Crippen molar-refractivity contribution in [3.05, 3.63) is 46.3 Å². The first-order chi connectivity index (χ1) is 10.1. The van der Waals surface area contributed by atoms with E-state index in [0.29, 0.717) is 12.1 Å². The topological polar surface area (TPSA) is 62.9 Å². The van der Waals surface area contributed by atoms with Crippen LogP contribution in [0.15, 0.2) is 18.2 Å². The predicted molar refractivity (Wildman–Crippen MR) is 81.3 cm³/mol. The van der Waals surface area contributed by atoms with Gasteiger partial charge in [-0.2, -0.15) is 10.4 Å². The molecule has 5 nitrogen and oxygen atoms in total. The van der Waals surface area contributed by atoms with E-state index in [1.807, 2.05) is 30.8 Å². The Bertz CT molecular complexity index is 682. The summed E-state index contributed by atoms with van der Waals surface area (Å²) in [7, 11) is 3.56. The van der Waals surface area contributed by atoms with Crippen LogP contribution < -0.4 is 10.1 Å². The quantitative estimate of drug-likeness (QED) is 0.913. The van der Waals surface area contributed by atoms with Crippen LogP contribution in [0.25, 0.3) is 0 Å². The molecule has 2 rings (SSSR count). The second-order valence-electron chi connectivity index (χ2n) is 4.98. The molecule has 0 bridgehead atoms. The Morgan fingerprint density at radius 1 is 1.38 bits per heavy atom. The van der Waals surface area contributed by atoms with Gasteiger partial charge in [-0.05, 0) is 39.1 Å². The van der Waals surface area contributed by atoms with Gasteiger partial charge in [0.05, 0.1) is 31.0 Å². The minimum atomic E-state index is 0.592. The molecule has 0 fully saturated rings. The zero-order chi connectivity index (χ0) is 15.4. The molecule has 1 aromatic carbocycles. The Morgan fingerprint density at radius 3 is 2.76 bits per heavy atom. The fraction of sp³-hybridized carbons (Fsp3) is 0.375. The zero-order valence-corrected chi connectivity index (χ0v) is 12.9. The molecule has 1 N–H and O–H groups in total. The number of rotatable bonds is 5. The van der Waals surface area contributed by atoms with E-state index < -0.39 is 0 Å². The van der Waals surface area contributed by atoms with E-state index in [2.05, 4.69) is 23.4 Å². The molecule has 21 heavy (non-hydrogen) atoms. The van der Waals surface area contributed by atoms with Gasteiger partial charge in [0.1, 0.15) is 5.75 Å². The van der Waals surface area contributed by atoms with Gasteiger partial charge in [0.2, 0.25) is 0 Å². The molecule has 1 heterocycles. The largest absolute Gasteiger partial charge is 0.496 e. The van der Waals surface area contributed by atoms with E-state index in [4.69, 9.17) is 10.00 Å². The number of methoxy groups -OCH3 is 1. The van der Waals surface area contributed by atoms with Crippen LogP contribution in [-0.2, 0) is 13.1 Å². The van der Waals surface area contributed by atoms with Crippen molar-refractivity contribution in [2.45, 2.75) is 26.9 Å². The van der Waals surface area contributed by atoms with Crippen LogP contribution in [0.5, 0.6) is 5.75 Å². The summed E-state index contributed by atoms with van der Waals surface area (Å²) in [5.41, 5.74) is 4.96. The molecule has 0 aliphatic heterocycles. The molecule has 0 saturated carbocycles. The van der Waals surface area contributed by atoms with Gasteiger partial charge in [0.15, 0.2) is 0 Å². The summed E-state index contributed by atoms with van der Waals surface area (Å²) in [5.74, 6) is 0.775. The van der Waals surface area contributed by atoms with Gasteiger partial charge in [-0.3, -0.25) is 4.68 Å². The Kier molecular flexibility index (Phi) is 4.61. The second kappa shape index (κ2) is 6.42. The minimum Gasteiger partial charge on any atom is -0.496 e. The van der Waals surface area contributed by atoms with Crippen molar-refractivity contribution in [1.29, 1.82) is 5.26 Å². The van der Waals surface area contributed by atoms with E-state index >= 15 is 0 Å². The van der Waals surface area contributed by atoms with E-state index in [1.54, 1.807) is 13.2 Å². The van der Waals surface area contributed by atoms with Gasteiger partial charge in [0, 0.05) is 23.4 Å². The molecule has 0 atom stereocenters. The van der Waals surface area contributed by atoms with E-state index in [9.17, 15) is 0 Å². The van der Waals surface area contributed by atoms with Gasteiger partial charge >= 0.3 is 0 Å². The second-order valence-corrected chi connectivity index (χ2v) is 4.98. The SMILES string of the molecule is CNCc1c(C)nn(Cc2cc(C#N)ccc2OC)c1C. The molecule has 0 radical (unpaired) electrons. The molecular weight excluding hydrogens is 264 g/mol. The normalized spacial score (nSPS) is 10.4. The van der Waals surface area contributed by atoms with Crippen LogP contribution in [0.4, 0.5) is 0 Å². The van der Waals surface area contributed by atoms with Crippen molar-refractivity contribution < 1.29 is 4.74 Å². The smallest absolute Gasteiger partial charge is 0.124 e. The van der Waals surface area contributed by atoms with Crippen molar-refractivity contribution in [3.8, 4) is 11.8 Å². The summed E-state index contributed by atoms with van der Waals surface area (Å²) < 4.78 is 7.34. The van der Waals surface area contributed by atoms with Crippen molar-refractivity contribution in [2.24, 2.45) is 0 Å². The lowest BCUT2D eigenvalue weighted by molar-refractivity contribution is 0.407. The van der Waals surface area contributed by atoms with Crippen LogP contribution in [-0.4, -0.2) is 23.9 Å². The number of ether oxygens (including phenoxy) is 1. The van der Waals surface area contributed by atoms with Gasteiger partial charge in [-0.25, -0.2) is 0 Å². The van der Waals surface area contributed by atoms with Crippen LogP contribution in [0.2, 0.25) is 0 Å². The lowest BCUT2D eigenvalue weighted by atomic mass is 10.1. The average molecular weight is 284 g/mol. The van der Waals surface area contributed by atoms with Crippen molar-refractivity contribution in [3.63, 3.8) is 0 Å². The fourth-order valence-corrected chi connectivity index (χ4v) is 2.45. The zero-order valence-electron chi connectivity index (χ0n) is 12.9. The Hall–Kier alpha value is -2.32. The summed E-state index contributed by atoms with van der Waals surface area (Å²) in [6, 6.07) is 7.60. The molecule has 0 aliphatic rings. The highest BCUT2D eigenvalue weighted by molar-refractivity contribution is 5.42. The molecule has 2 aromatic rings. The van der Waals surface area contributed by atoms with Crippen molar-refractivity contribution in [1.82, 2.24) is 15.1 Å². The monoisotopic (exact) mass is 284 g/mol. The predicted octanol–water partition coefficient (Wildman–Crippen LogP) is 2.15. The summed E-state index contributed by atoms with van der Waals surface area (Å²) in [6.07, 6.45) is 0. The number of nitrogens with zero attached hydrogens (tertiary/aromatic N) is 3. The number of aromatic nitrogens is 2. The highest BCUT2D eigenvalue weighted by Gasteiger charge is 2.13. The number of hydrogen-bond donors (Lipinski definition) is 1. The van der Waals surface area contributed by atoms with Crippen LogP contribution in [0, 0.1) is 25.2 Å². The first kappa shape index (κ1) is 15.1. The Labute approximate surface area is 125 Å². The highest BCUT2D eigenvalue weighted by Crippen LogP contribution is 2.22. The number of hydrogen-bond acceptors (Lipinski definition) is 4. The summed E-state index contributed by atoms with van der Waals surface area (Å²) >= 11 is 0. The number of nitriles is 1. The lowest BCUT2D eigenvalue weighted by Gasteiger charge is -2.10. The molecular formula is C16H20N4O. The third kappa shape index (κ3) is 3.06. The average Bonchev–Trinajstić information content (AvgIpc) is 2.75. The van der Waals surface area contributed by atoms with Crippen molar-refractivity contribution >= 4 is 0 Å². The molecule has 0 saturated heterocycles. The number of aryl methyl sites for hydroxylation is 1. The van der Waals surface area contributed by atoms with Crippen molar-refractivity contribution in [2.75, 3.05) is 14.2 Å². The maximum absolute atomic E-state index is 9.04. The third-order valence-electron chi connectivity index (χ3n) is 3.61. The first-order valence-electron chi connectivity index (χ1n) is 6.85. The molecule has 0 unspecified atom stereocenters. The van der Waals surface area contributed by atoms with E-state index in [0.717, 1.165) is 29.2 Å². The van der Waals surface area contributed by atoms with Gasteiger partial charge in [-0.15, -0.1) is 0 Å². The van der Waals surface area contributed by atoms with E-state index in [-0.39, 0.29) is 0 Å². The first-order valence-corrected chi connectivity index (χ1v) is 6.85. The molecule has 0 amide bonds. The molecule has 5 heteroatoms. The Balaban J connectivity index is 2.38. The lowest BCUT2D eigenvalue weighted by Crippen LogP contribution is -2.09. The molecule has 0 aliphatic carbocycles. The molecule has 1 aromatic heterocycles. The highest BCUT2D eigenvalue weighted by atomic mass is 16.5. The molecule has 0 spiro atoms. The number of benzene rings is 1. The maximum Gasteiger partial charge on any atom is 0.124 e. The van der Waals surface area contributed by atoms with Gasteiger partial charge in [0.25, 0.3) is 0 Å². The summed E-state index contributed by atoms with van der Waals surface area (Å²) in [5, 5.41) is 16.8. The van der Waals surface area contributed by atoms with Crippen LogP contribution in [0.3, 0.4) is 0 Å². The van der Waals surface area contributed by atoms with Gasteiger partial charge in [-0.1, -0.05) is 0 Å².